The lowest BCUT2D eigenvalue weighted by Gasteiger charge is -2.24. The van der Waals surface area contributed by atoms with Crippen LogP contribution in [-0.4, -0.2) is 70.0 Å². The van der Waals surface area contributed by atoms with Gasteiger partial charge < -0.3 is 26.6 Å². The van der Waals surface area contributed by atoms with E-state index in [0.717, 1.165) is 0 Å². The summed E-state index contributed by atoms with van der Waals surface area (Å²) in [6.07, 6.45) is 0.850. The van der Waals surface area contributed by atoms with Crippen molar-refractivity contribution in [2.75, 3.05) is 17.8 Å². The molecule has 0 aliphatic heterocycles. The molecule has 0 aromatic rings. The number of rotatable bonds is 10. The van der Waals surface area contributed by atoms with E-state index in [2.05, 4.69) is 23.3 Å². The normalized spacial score (nSPS) is 16.2. The van der Waals surface area contributed by atoms with Crippen molar-refractivity contribution in [2.24, 2.45) is 5.73 Å². The van der Waals surface area contributed by atoms with Gasteiger partial charge in [0.2, 0.25) is 11.8 Å². The number of carboxylic acids is 1. The Morgan fingerprint density at radius 3 is 2.27 bits per heavy atom. The zero-order valence-corrected chi connectivity index (χ0v) is 14.2. The predicted octanol–water partition coefficient (Wildman–Crippen LogP) is -1.57. The Bertz CT molecular complexity index is 395. The van der Waals surface area contributed by atoms with Crippen molar-refractivity contribution < 1.29 is 24.6 Å². The fourth-order valence-electron chi connectivity index (χ4n) is 1.50. The summed E-state index contributed by atoms with van der Waals surface area (Å²) in [6.45, 7) is 1.31. The number of nitrogens with one attached hydrogen (secondary N) is 2. The van der Waals surface area contributed by atoms with Crippen molar-refractivity contribution in [3.05, 3.63) is 0 Å². The highest BCUT2D eigenvalue weighted by Crippen LogP contribution is 2.03. The van der Waals surface area contributed by atoms with Crippen LogP contribution < -0.4 is 16.4 Å². The minimum absolute atomic E-state index is 0.0749. The number of thiol groups is 1. The van der Waals surface area contributed by atoms with E-state index in [1.54, 1.807) is 0 Å². The average molecular weight is 353 g/mol. The molecular weight excluding hydrogens is 330 g/mol. The van der Waals surface area contributed by atoms with Gasteiger partial charge in [-0.3, -0.25) is 9.59 Å². The van der Waals surface area contributed by atoms with E-state index in [9.17, 15) is 19.5 Å². The summed E-state index contributed by atoms with van der Waals surface area (Å²) in [5.41, 5.74) is 5.48. The number of aliphatic hydroxyl groups is 1. The van der Waals surface area contributed by atoms with Gasteiger partial charge in [-0.2, -0.15) is 24.4 Å². The lowest BCUT2D eigenvalue weighted by Crippen LogP contribution is -2.58. The van der Waals surface area contributed by atoms with Crippen LogP contribution in [0.5, 0.6) is 0 Å². The molecule has 0 unspecified atom stereocenters. The summed E-state index contributed by atoms with van der Waals surface area (Å²) in [5, 5.41) is 23.3. The van der Waals surface area contributed by atoms with Gasteiger partial charge in [0.15, 0.2) is 0 Å². The Balaban J connectivity index is 4.83. The maximum Gasteiger partial charge on any atom is 0.326 e. The van der Waals surface area contributed by atoms with Crippen molar-refractivity contribution in [1.82, 2.24) is 10.6 Å². The number of thioether (sulfide) groups is 1. The smallest absolute Gasteiger partial charge is 0.326 e. The topological polar surface area (TPSA) is 142 Å². The quantitative estimate of drug-likeness (QED) is 0.261. The second kappa shape index (κ2) is 10.7. The maximum atomic E-state index is 12.1. The Hall–Kier alpha value is -0.970. The second-order valence-corrected chi connectivity index (χ2v) is 6.05. The van der Waals surface area contributed by atoms with Crippen LogP contribution in [0.25, 0.3) is 0 Å². The van der Waals surface area contributed by atoms with Crippen LogP contribution in [0.2, 0.25) is 0 Å². The van der Waals surface area contributed by atoms with Gasteiger partial charge in [-0.1, -0.05) is 0 Å². The van der Waals surface area contributed by atoms with Crippen LogP contribution >= 0.6 is 24.4 Å². The van der Waals surface area contributed by atoms with Crippen LogP contribution in [0.1, 0.15) is 13.3 Å². The number of amides is 2. The minimum Gasteiger partial charge on any atom is -0.480 e. The Morgan fingerprint density at radius 2 is 1.86 bits per heavy atom. The number of aliphatic carboxylic acids is 1. The van der Waals surface area contributed by atoms with Crippen LogP contribution in [0.3, 0.4) is 0 Å². The van der Waals surface area contributed by atoms with E-state index >= 15 is 0 Å². The number of carboxylic acid groups (broad SMARTS) is 1. The Labute approximate surface area is 139 Å². The number of hydrogen-bond donors (Lipinski definition) is 6. The van der Waals surface area contributed by atoms with E-state index in [4.69, 9.17) is 10.8 Å². The molecule has 6 N–H and O–H groups in total. The van der Waals surface area contributed by atoms with E-state index in [1.165, 1.54) is 18.7 Å². The minimum atomic E-state index is -1.28. The van der Waals surface area contributed by atoms with Crippen LogP contribution in [-0.2, 0) is 14.4 Å². The highest BCUT2D eigenvalue weighted by molar-refractivity contribution is 7.98. The number of carbonyl (C=O) groups is 3. The third-order valence-corrected chi connectivity index (χ3v) is 3.86. The summed E-state index contributed by atoms with van der Waals surface area (Å²) >= 11 is 5.32. The van der Waals surface area contributed by atoms with Crippen LogP contribution in [0.4, 0.5) is 0 Å². The van der Waals surface area contributed by atoms with E-state index in [1.807, 2.05) is 6.26 Å². The molecule has 4 atom stereocenters. The molecule has 0 radical (unpaired) electrons. The zero-order chi connectivity index (χ0) is 17.3. The average Bonchev–Trinajstić information content (AvgIpc) is 2.46. The van der Waals surface area contributed by atoms with Gasteiger partial charge in [-0.05, 0) is 25.4 Å². The molecule has 0 heterocycles. The number of carbonyl (C=O) groups excluding carboxylic acids is 2. The van der Waals surface area contributed by atoms with Crippen molar-refractivity contribution >= 4 is 42.2 Å². The molecule has 0 saturated heterocycles. The third-order valence-electron chi connectivity index (χ3n) is 2.82. The summed E-state index contributed by atoms with van der Waals surface area (Å²) in [4.78, 5) is 34.9. The van der Waals surface area contributed by atoms with Gasteiger partial charge in [0.05, 0.1) is 12.1 Å². The van der Waals surface area contributed by atoms with Gasteiger partial charge in [0.1, 0.15) is 12.1 Å². The summed E-state index contributed by atoms with van der Waals surface area (Å²) in [7, 11) is 0. The molecule has 22 heavy (non-hydrogen) atoms. The Kier molecular flexibility index (Phi) is 10.2. The molecule has 0 fully saturated rings. The van der Waals surface area contributed by atoms with Gasteiger partial charge in [-0.15, -0.1) is 0 Å². The maximum absolute atomic E-state index is 12.1. The third kappa shape index (κ3) is 7.34. The first-order valence-corrected chi connectivity index (χ1v) is 8.64. The standard InChI is InChI=1S/C12H23N3O5S2/c1-6(16)9(15-10(17)7(13)5-21)11(18)14-8(12(19)20)3-4-22-2/h6-9,16,21H,3-5,13H2,1-2H3,(H,14,18)(H,15,17)(H,19,20)/t6-,7+,8+,9+/m1/s1. The van der Waals surface area contributed by atoms with E-state index in [0.29, 0.717) is 5.75 Å². The molecular formula is C12H23N3O5S2. The van der Waals surface area contributed by atoms with Crippen molar-refractivity contribution in [1.29, 1.82) is 0 Å². The summed E-state index contributed by atoms with van der Waals surface area (Å²) in [5.74, 6) is -1.97. The number of hydrogen-bond acceptors (Lipinski definition) is 7. The summed E-state index contributed by atoms with van der Waals surface area (Å²) < 4.78 is 0. The van der Waals surface area contributed by atoms with Crippen LogP contribution in [0.15, 0.2) is 0 Å². The first kappa shape index (κ1) is 21.0. The SMILES string of the molecule is CSCC[C@H](NC(=O)[C@@H](NC(=O)[C@@H](N)CS)[C@@H](C)O)C(=O)O. The summed E-state index contributed by atoms with van der Waals surface area (Å²) in [6, 6.07) is -3.30. The number of nitrogens with two attached hydrogens (primary N) is 1. The largest absolute Gasteiger partial charge is 0.480 e. The van der Waals surface area contributed by atoms with Gasteiger partial charge in [0, 0.05) is 5.75 Å². The molecule has 10 heteroatoms. The monoisotopic (exact) mass is 353 g/mol. The van der Waals surface area contributed by atoms with Gasteiger partial charge >= 0.3 is 5.97 Å². The molecule has 0 aliphatic carbocycles. The van der Waals surface area contributed by atoms with Crippen molar-refractivity contribution in [3.8, 4) is 0 Å². The lowest BCUT2D eigenvalue weighted by atomic mass is 10.1. The first-order chi connectivity index (χ1) is 10.2. The molecule has 0 saturated carbocycles. The van der Waals surface area contributed by atoms with Crippen molar-refractivity contribution in [2.45, 2.75) is 37.6 Å². The van der Waals surface area contributed by atoms with E-state index in [-0.39, 0.29) is 12.2 Å². The van der Waals surface area contributed by atoms with Gasteiger partial charge in [0.25, 0.3) is 0 Å². The van der Waals surface area contributed by atoms with Crippen molar-refractivity contribution in [3.63, 3.8) is 0 Å². The molecule has 128 valence electrons. The van der Waals surface area contributed by atoms with Gasteiger partial charge in [-0.25, -0.2) is 4.79 Å². The highest BCUT2D eigenvalue weighted by Gasteiger charge is 2.30. The molecule has 0 aromatic carbocycles. The van der Waals surface area contributed by atoms with E-state index < -0.39 is 42.0 Å². The number of aliphatic hydroxyl groups excluding tert-OH is 1. The fraction of sp³-hybridized carbons (Fsp3) is 0.750. The molecule has 0 bridgehead atoms. The lowest BCUT2D eigenvalue weighted by molar-refractivity contribution is -0.143. The molecule has 2 amide bonds. The molecule has 8 nitrogen and oxygen atoms in total. The second-order valence-electron chi connectivity index (χ2n) is 4.70. The molecule has 0 aromatic heterocycles. The molecule has 0 aliphatic rings. The zero-order valence-electron chi connectivity index (χ0n) is 12.5. The Morgan fingerprint density at radius 1 is 1.27 bits per heavy atom. The predicted molar refractivity (Wildman–Crippen MR) is 88.0 cm³/mol. The highest BCUT2D eigenvalue weighted by atomic mass is 32.2. The first-order valence-electron chi connectivity index (χ1n) is 6.61. The fourth-order valence-corrected chi connectivity index (χ4v) is 2.14. The molecule has 0 rings (SSSR count). The van der Waals surface area contributed by atoms with Crippen LogP contribution in [0, 0.1) is 0 Å². The molecule has 0 spiro atoms.